The highest BCUT2D eigenvalue weighted by Gasteiger charge is 1.99. The zero-order valence-electron chi connectivity index (χ0n) is 13.1. The third-order valence-corrected chi connectivity index (χ3v) is 3.64. The second kappa shape index (κ2) is 6.92. The molecular weight excluding hydrogens is 286 g/mol. The van der Waals surface area contributed by atoms with Gasteiger partial charge in [-0.05, 0) is 36.2 Å². The molecule has 23 heavy (non-hydrogen) atoms. The van der Waals surface area contributed by atoms with Crippen molar-refractivity contribution in [3.63, 3.8) is 0 Å². The number of aryl methyl sites for hydroxylation is 1. The Morgan fingerprint density at radius 1 is 0.957 bits per heavy atom. The van der Waals surface area contributed by atoms with Gasteiger partial charge in [0.1, 0.15) is 5.82 Å². The Morgan fingerprint density at radius 3 is 2.48 bits per heavy atom. The fourth-order valence-electron chi connectivity index (χ4n) is 2.38. The van der Waals surface area contributed by atoms with E-state index >= 15 is 0 Å². The van der Waals surface area contributed by atoms with Crippen LogP contribution in [0, 0.1) is 6.92 Å². The van der Waals surface area contributed by atoms with Gasteiger partial charge in [-0.2, -0.15) is 0 Å². The Balaban J connectivity index is 1.63. The molecule has 0 unspecified atom stereocenters. The van der Waals surface area contributed by atoms with E-state index in [0.29, 0.717) is 6.54 Å². The predicted octanol–water partition coefficient (Wildman–Crippen LogP) is 3.21. The molecule has 0 amide bonds. The fraction of sp³-hybridized carbons (Fsp3) is 0.158. The van der Waals surface area contributed by atoms with E-state index < -0.39 is 0 Å². The van der Waals surface area contributed by atoms with Crippen LogP contribution in [0.5, 0.6) is 0 Å². The minimum Gasteiger partial charge on any atom is -0.366 e. The van der Waals surface area contributed by atoms with Crippen molar-refractivity contribution in [3.05, 3.63) is 94.0 Å². The highest BCUT2D eigenvalue weighted by molar-refractivity contribution is 5.36. The Hall–Kier alpha value is -2.88. The number of hydrogen-bond donors (Lipinski definition) is 1. The van der Waals surface area contributed by atoms with E-state index in [4.69, 9.17) is 0 Å². The molecule has 0 saturated carbocycles. The molecule has 2 heterocycles. The molecule has 0 fully saturated rings. The number of aromatic nitrogens is 2. The van der Waals surface area contributed by atoms with Crippen LogP contribution in [0.3, 0.4) is 0 Å². The van der Waals surface area contributed by atoms with Gasteiger partial charge < -0.3 is 9.88 Å². The number of nitrogens with zero attached hydrogens (tertiary/aromatic N) is 2. The zero-order valence-corrected chi connectivity index (χ0v) is 13.1. The lowest BCUT2D eigenvalue weighted by molar-refractivity contribution is 0.759. The average Bonchev–Trinajstić information content (AvgIpc) is 2.56. The first-order chi connectivity index (χ1) is 11.2. The van der Waals surface area contributed by atoms with Crippen molar-refractivity contribution in [3.8, 4) is 0 Å². The summed E-state index contributed by atoms with van der Waals surface area (Å²) in [7, 11) is 0. The van der Waals surface area contributed by atoms with Crippen LogP contribution in [0.4, 0.5) is 5.82 Å². The molecule has 1 aromatic carbocycles. The average molecular weight is 305 g/mol. The normalized spacial score (nSPS) is 10.5. The first-order valence-electron chi connectivity index (χ1n) is 7.61. The Kier molecular flexibility index (Phi) is 4.52. The van der Waals surface area contributed by atoms with E-state index in [1.54, 1.807) is 22.9 Å². The van der Waals surface area contributed by atoms with Gasteiger partial charge in [-0.25, -0.2) is 4.98 Å². The van der Waals surface area contributed by atoms with Crippen molar-refractivity contribution in [2.24, 2.45) is 0 Å². The van der Waals surface area contributed by atoms with Gasteiger partial charge in [-0.3, -0.25) is 4.79 Å². The molecule has 2 aromatic heterocycles. The number of nitrogens with one attached hydrogen (secondary N) is 1. The molecule has 0 aliphatic rings. The summed E-state index contributed by atoms with van der Waals surface area (Å²) >= 11 is 0. The van der Waals surface area contributed by atoms with Crippen molar-refractivity contribution in [2.75, 3.05) is 5.32 Å². The number of benzene rings is 1. The highest BCUT2D eigenvalue weighted by Crippen LogP contribution is 2.09. The number of rotatable bonds is 5. The molecule has 4 nitrogen and oxygen atoms in total. The van der Waals surface area contributed by atoms with Crippen LogP contribution in [0.2, 0.25) is 0 Å². The van der Waals surface area contributed by atoms with Crippen molar-refractivity contribution in [1.29, 1.82) is 0 Å². The third kappa shape index (κ3) is 4.07. The SMILES string of the molecule is Cc1cccc(NCc2ccc(Cn3ccccc3=O)cc2)n1. The molecule has 0 bridgehead atoms. The van der Waals surface area contributed by atoms with E-state index in [0.717, 1.165) is 23.6 Å². The predicted molar refractivity (Wildman–Crippen MR) is 92.5 cm³/mol. The topological polar surface area (TPSA) is 46.9 Å². The number of hydrogen-bond acceptors (Lipinski definition) is 3. The largest absolute Gasteiger partial charge is 0.366 e. The third-order valence-electron chi connectivity index (χ3n) is 3.64. The molecule has 3 rings (SSSR count). The van der Waals surface area contributed by atoms with Crippen LogP contribution < -0.4 is 10.9 Å². The molecule has 3 aromatic rings. The molecule has 0 saturated heterocycles. The van der Waals surface area contributed by atoms with E-state index in [1.165, 1.54) is 5.56 Å². The minimum atomic E-state index is 0.0174. The summed E-state index contributed by atoms with van der Waals surface area (Å²) in [5.41, 5.74) is 3.30. The maximum atomic E-state index is 11.7. The van der Waals surface area contributed by atoms with Crippen LogP contribution >= 0.6 is 0 Å². The Labute approximate surface area is 135 Å². The smallest absolute Gasteiger partial charge is 0.250 e. The lowest BCUT2D eigenvalue weighted by Crippen LogP contribution is -2.18. The van der Waals surface area contributed by atoms with E-state index in [2.05, 4.69) is 34.6 Å². The fourth-order valence-corrected chi connectivity index (χ4v) is 2.38. The molecule has 0 radical (unpaired) electrons. The number of anilines is 1. The van der Waals surface area contributed by atoms with Crippen molar-refractivity contribution in [2.45, 2.75) is 20.0 Å². The maximum Gasteiger partial charge on any atom is 0.250 e. The summed E-state index contributed by atoms with van der Waals surface area (Å²) in [6, 6.07) is 19.4. The van der Waals surface area contributed by atoms with Crippen molar-refractivity contribution in [1.82, 2.24) is 9.55 Å². The summed E-state index contributed by atoms with van der Waals surface area (Å²) in [5.74, 6) is 0.880. The van der Waals surface area contributed by atoms with Crippen LogP contribution in [0.1, 0.15) is 16.8 Å². The van der Waals surface area contributed by atoms with Crippen LogP contribution in [-0.2, 0) is 13.1 Å². The van der Waals surface area contributed by atoms with Gasteiger partial charge >= 0.3 is 0 Å². The second-order valence-corrected chi connectivity index (χ2v) is 5.50. The van der Waals surface area contributed by atoms with Gasteiger partial charge in [-0.1, -0.05) is 36.4 Å². The van der Waals surface area contributed by atoms with E-state index in [1.807, 2.05) is 31.2 Å². The van der Waals surface area contributed by atoms with Crippen LogP contribution in [-0.4, -0.2) is 9.55 Å². The summed E-state index contributed by atoms with van der Waals surface area (Å²) < 4.78 is 1.70. The molecule has 4 heteroatoms. The highest BCUT2D eigenvalue weighted by atomic mass is 16.1. The van der Waals surface area contributed by atoms with Crippen molar-refractivity contribution >= 4 is 5.82 Å². The lowest BCUT2D eigenvalue weighted by Gasteiger charge is -2.08. The first kappa shape index (κ1) is 15.0. The summed E-state index contributed by atoms with van der Waals surface area (Å²) in [5, 5.41) is 3.31. The maximum absolute atomic E-state index is 11.7. The van der Waals surface area contributed by atoms with Crippen LogP contribution in [0.25, 0.3) is 0 Å². The summed E-state index contributed by atoms with van der Waals surface area (Å²) in [4.78, 5) is 16.1. The molecule has 0 aliphatic carbocycles. The first-order valence-corrected chi connectivity index (χ1v) is 7.61. The van der Waals surface area contributed by atoms with Gasteiger partial charge in [0.25, 0.3) is 5.56 Å². The van der Waals surface area contributed by atoms with Gasteiger partial charge in [0.15, 0.2) is 0 Å². The summed E-state index contributed by atoms with van der Waals surface area (Å²) in [6.45, 7) is 3.29. The molecule has 116 valence electrons. The molecule has 0 aliphatic heterocycles. The minimum absolute atomic E-state index is 0.0174. The van der Waals surface area contributed by atoms with E-state index in [9.17, 15) is 4.79 Å². The second-order valence-electron chi connectivity index (χ2n) is 5.50. The van der Waals surface area contributed by atoms with Crippen LogP contribution in [0.15, 0.2) is 71.7 Å². The Bertz CT molecular complexity index is 837. The van der Waals surface area contributed by atoms with Crippen molar-refractivity contribution < 1.29 is 0 Å². The number of pyridine rings is 2. The Morgan fingerprint density at radius 2 is 1.74 bits per heavy atom. The molecule has 0 atom stereocenters. The summed E-state index contributed by atoms with van der Waals surface area (Å²) in [6.07, 6.45) is 1.81. The molecule has 1 N–H and O–H groups in total. The van der Waals surface area contributed by atoms with Gasteiger partial charge in [0.05, 0.1) is 6.54 Å². The van der Waals surface area contributed by atoms with Gasteiger partial charge in [0, 0.05) is 24.5 Å². The van der Waals surface area contributed by atoms with E-state index in [-0.39, 0.29) is 5.56 Å². The lowest BCUT2D eigenvalue weighted by atomic mass is 10.1. The van der Waals surface area contributed by atoms with Gasteiger partial charge in [0.2, 0.25) is 0 Å². The van der Waals surface area contributed by atoms with Gasteiger partial charge in [-0.15, -0.1) is 0 Å². The monoisotopic (exact) mass is 305 g/mol. The quantitative estimate of drug-likeness (QED) is 0.787. The molecule has 0 spiro atoms. The molecular formula is C19H19N3O. The zero-order chi connectivity index (χ0) is 16.1. The standard InChI is InChI=1S/C19H19N3O/c1-15-5-4-6-18(21-15)20-13-16-8-10-17(11-9-16)14-22-12-3-2-7-19(22)23/h2-12H,13-14H2,1H3,(H,20,21).